The second-order valence-electron chi connectivity index (χ2n) is 6.23. The standard InChI is InChI=1S/C17H27N3O/c1-12-3-5-13(6-4-12)9-10-20-16-11-14(18)7-8-15(16)17(21)19-2/h7-8,11-13,20H,3-6,9-10,18H2,1-2H3,(H,19,21). The van der Waals surface area contributed by atoms with Crippen molar-refractivity contribution < 1.29 is 4.79 Å². The van der Waals surface area contributed by atoms with Crippen LogP contribution >= 0.6 is 0 Å². The normalized spacial score (nSPS) is 21.8. The Bertz CT molecular complexity index is 479. The maximum absolute atomic E-state index is 11.9. The third-order valence-electron chi connectivity index (χ3n) is 4.52. The molecule has 0 aliphatic heterocycles. The summed E-state index contributed by atoms with van der Waals surface area (Å²) in [6.07, 6.45) is 6.54. The summed E-state index contributed by atoms with van der Waals surface area (Å²) in [5, 5.41) is 6.05. The van der Waals surface area contributed by atoms with Gasteiger partial charge in [-0.05, 0) is 36.5 Å². The van der Waals surface area contributed by atoms with Crippen molar-refractivity contribution >= 4 is 17.3 Å². The summed E-state index contributed by atoms with van der Waals surface area (Å²) in [5.74, 6) is 1.63. The molecule has 1 aliphatic rings. The molecule has 4 nitrogen and oxygen atoms in total. The lowest BCUT2D eigenvalue weighted by molar-refractivity contribution is 0.0964. The highest BCUT2D eigenvalue weighted by atomic mass is 16.1. The highest BCUT2D eigenvalue weighted by Crippen LogP contribution is 2.30. The SMILES string of the molecule is CNC(=O)c1ccc(N)cc1NCCC1CCC(C)CC1. The van der Waals surface area contributed by atoms with Gasteiger partial charge in [-0.15, -0.1) is 0 Å². The molecule has 0 saturated heterocycles. The molecule has 0 heterocycles. The van der Waals surface area contributed by atoms with Gasteiger partial charge in [-0.3, -0.25) is 4.79 Å². The molecule has 0 aromatic heterocycles. The lowest BCUT2D eigenvalue weighted by Crippen LogP contribution is -2.21. The minimum absolute atomic E-state index is 0.0796. The van der Waals surface area contributed by atoms with Crippen molar-refractivity contribution in [2.75, 3.05) is 24.6 Å². The number of carbonyl (C=O) groups excluding carboxylic acids is 1. The Kier molecular flexibility index (Phi) is 5.48. The van der Waals surface area contributed by atoms with Crippen LogP contribution in [0.4, 0.5) is 11.4 Å². The van der Waals surface area contributed by atoms with E-state index in [1.165, 1.54) is 25.7 Å². The molecular weight excluding hydrogens is 262 g/mol. The fraction of sp³-hybridized carbons (Fsp3) is 0.588. The van der Waals surface area contributed by atoms with E-state index < -0.39 is 0 Å². The van der Waals surface area contributed by atoms with Gasteiger partial charge in [0.2, 0.25) is 0 Å². The molecule has 1 saturated carbocycles. The summed E-state index contributed by atoms with van der Waals surface area (Å²) in [6.45, 7) is 3.24. The molecular formula is C17H27N3O. The van der Waals surface area contributed by atoms with Crippen molar-refractivity contribution in [2.24, 2.45) is 11.8 Å². The van der Waals surface area contributed by atoms with Crippen molar-refractivity contribution in [1.29, 1.82) is 0 Å². The summed E-state index contributed by atoms with van der Waals surface area (Å²) >= 11 is 0. The molecule has 0 unspecified atom stereocenters. The number of carbonyl (C=O) groups is 1. The van der Waals surface area contributed by atoms with Crippen molar-refractivity contribution in [1.82, 2.24) is 5.32 Å². The van der Waals surface area contributed by atoms with E-state index in [9.17, 15) is 4.79 Å². The number of nitrogen functional groups attached to an aromatic ring is 1. The molecule has 1 fully saturated rings. The van der Waals surface area contributed by atoms with Crippen LogP contribution in [0, 0.1) is 11.8 Å². The summed E-state index contributed by atoms with van der Waals surface area (Å²) in [6, 6.07) is 5.38. The summed E-state index contributed by atoms with van der Waals surface area (Å²) in [7, 11) is 1.64. The maximum Gasteiger partial charge on any atom is 0.253 e. The quantitative estimate of drug-likeness (QED) is 0.729. The zero-order chi connectivity index (χ0) is 15.2. The van der Waals surface area contributed by atoms with Gasteiger partial charge in [0.05, 0.1) is 5.56 Å². The van der Waals surface area contributed by atoms with Gasteiger partial charge in [-0.1, -0.05) is 32.6 Å². The Morgan fingerprint density at radius 2 is 2.00 bits per heavy atom. The highest BCUT2D eigenvalue weighted by molar-refractivity contribution is 6.00. The van der Waals surface area contributed by atoms with Gasteiger partial charge in [0.15, 0.2) is 0 Å². The number of anilines is 2. The second kappa shape index (κ2) is 7.34. The molecule has 2 rings (SSSR count). The zero-order valence-electron chi connectivity index (χ0n) is 13.1. The summed E-state index contributed by atoms with van der Waals surface area (Å²) in [4.78, 5) is 11.9. The Morgan fingerprint density at radius 3 is 2.67 bits per heavy atom. The molecule has 0 bridgehead atoms. The molecule has 1 amide bonds. The van der Waals surface area contributed by atoms with Crippen molar-refractivity contribution in [3.8, 4) is 0 Å². The fourth-order valence-electron chi connectivity index (χ4n) is 3.07. The van der Waals surface area contributed by atoms with Gasteiger partial charge in [0.25, 0.3) is 5.91 Å². The largest absolute Gasteiger partial charge is 0.399 e. The first-order chi connectivity index (χ1) is 10.1. The zero-order valence-corrected chi connectivity index (χ0v) is 13.1. The van der Waals surface area contributed by atoms with E-state index >= 15 is 0 Å². The first kappa shape index (κ1) is 15.7. The maximum atomic E-state index is 11.9. The van der Waals surface area contributed by atoms with E-state index in [0.29, 0.717) is 11.3 Å². The predicted octanol–water partition coefficient (Wildman–Crippen LogP) is 3.26. The van der Waals surface area contributed by atoms with Crippen LogP contribution in [0.5, 0.6) is 0 Å². The molecule has 0 radical (unpaired) electrons. The number of benzene rings is 1. The third-order valence-corrected chi connectivity index (χ3v) is 4.52. The Morgan fingerprint density at radius 1 is 1.29 bits per heavy atom. The van der Waals surface area contributed by atoms with Gasteiger partial charge in [0, 0.05) is 25.0 Å². The molecule has 21 heavy (non-hydrogen) atoms. The summed E-state index contributed by atoms with van der Waals surface area (Å²) < 4.78 is 0. The van der Waals surface area contributed by atoms with Gasteiger partial charge in [-0.2, -0.15) is 0 Å². The fourth-order valence-corrected chi connectivity index (χ4v) is 3.07. The van der Waals surface area contributed by atoms with Crippen LogP contribution in [0.2, 0.25) is 0 Å². The molecule has 0 atom stereocenters. The van der Waals surface area contributed by atoms with Gasteiger partial charge >= 0.3 is 0 Å². The molecule has 4 N–H and O–H groups in total. The molecule has 1 aromatic carbocycles. The first-order valence-electron chi connectivity index (χ1n) is 7.95. The van der Waals surface area contributed by atoms with Gasteiger partial charge in [0.1, 0.15) is 0 Å². The van der Waals surface area contributed by atoms with Gasteiger partial charge < -0.3 is 16.4 Å². The molecule has 4 heteroatoms. The minimum atomic E-state index is -0.0796. The molecule has 0 spiro atoms. The first-order valence-corrected chi connectivity index (χ1v) is 7.95. The van der Waals surface area contributed by atoms with E-state index in [-0.39, 0.29) is 5.91 Å². The minimum Gasteiger partial charge on any atom is -0.399 e. The number of hydrogen-bond acceptors (Lipinski definition) is 3. The third kappa shape index (κ3) is 4.38. The van der Waals surface area contributed by atoms with E-state index in [1.54, 1.807) is 19.2 Å². The Labute approximate surface area is 127 Å². The van der Waals surface area contributed by atoms with E-state index in [2.05, 4.69) is 17.6 Å². The number of nitrogens with two attached hydrogens (primary N) is 1. The number of hydrogen-bond donors (Lipinski definition) is 3. The Hall–Kier alpha value is -1.71. The lowest BCUT2D eigenvalue weighted by Gasteiger charge is -2.26. The monoisotopic (exact) mass is 289 g/mol. The summed E-state index contributed by atoms with van der Waals surface area (Å²) in [5.41, 5.74) is 7.99. The predicted molar refractivity (Wildman–Crippen MR) is 88.5 cm³/mol. The molecule has 116 valence electrons. The van der Waals surface area contributed by atoms with Crippen LogP contribution in [-0.2, 0) is 0 Å². The van der Waals surface area contributed by atoms with Crippen LogP contribution in [0.1, 0.15) is 49.4 Å². The van der Waals surface area contributed by atoms with E-state index in [4.69, 9.17) is 5.73 Å². The van der Waals surface area contributed by atoms with E-state index in [1.807, 2.05) is 6.07 Å². The average molecular weight is 289 g/mol. The average Bonchev–Trinajstić information content (AvgIpc) is 2.49. The topological polar surface area (TPSA) is 67.2 Å². The lowest BCUT2D eigenvalue weighted by atomic mass is 9.81. The van der Waals surface area contributed by atoms with Crippen LogP contribution in [0.15, 0.2) is 18.2 Å². The van der Waals surface area contributed by atoms with Gasteiger partial charge in [-0.25, -0.2) is 0 Å². The number of nitrogens with one attached hydrogen (secondary N) is 2. The second-order valence-corrected chi connectivity index (χ2v) is 6.23. The van der Waals surface area contributed by atoms with Crippen molar-refractivity contribution in [2.45, 2.75) is 39.0 Å². The Balaban J connectivity index is 1.90. The molecule has 1 aliphatic carbocycles. The van der Waals surface area contributed by atoms with Crippen molar-refractivity contribution in [3.63, 3.8) is 0 Å². The van der Waals surface area contributed by atoms with Crippen molar-refractivity contribution in [3.05, 3.63) is 23.8 Å². The number of rotatable bonds is 5. The molecule has 1 aromatic rings. The van der Waals surface area contributed by atoms with Crippen LogP contribution in [-0.4, -0.2) is 19.5 Å². The van der Waals surface area contributed by atoms with E-state index in [0.717, 1.165) is 30.5 Å². The number of amides is 1. The van der Waals surface area contributed by atoms with Crippen LogP contribution in [0.25, 0.3) is 0 Å². The smallest absolute Gasteiger partial charge is 0.253 e. The highest BCUT2D eigenvalue weighted by Gasteiger charge is 2.18. The van der Waals surface area contributed by atoms with Crippen LogP contribution < -0.4 is 16.4 Å². The van der Waals surface area contributed by atoms with Crippen LogP contribution in [0.3, 0.4) is 0 Å².